The van der Waals surface area contributed by atoms with Crippen molar-refractivity contribution >= 4 is 33.5 Å². The van der Waals surface area contributed by atoms with Crippen LogP contribution in [0.3, 0.4) is 0 Å². The van der Waals surface area contributed by atoms with E-state index in [0.717, 1.165) is 11.1 Å². The van der Waals surface area contributed by atoms with E-state index in [-0.39, 0.29) is 30.5 Å². The highest BCUT2D eigenvalue weighted by Crippen LogP contribution is 2.25. The largest absolute Gasteiger partial charge is 0.455 e. The number of hydrogen-bond acceptors (Lipinski definition) is 5. The number of piperidine rings is 1. The van der Waals surface area contributed by atoms with Crippen LogP contribution in [-0.4, -0.2) is 56.2 Å². The number of ether oxygens (including phenoxy) is 1. The van der Waals surface area contributed by atoms with Gasteiger partial charge in [0, 0.05) is 31.7 Å². The van der Waals surface area contributed by atoms with Gasteiger partial charge in [0.25, 0.3) is 5.91 Å². The highest BCUT2D eigenvalue weighted by molar-refractivity contribution is 7.89. The van der Waals surface area contributed by atoms with Crippen molar-refractivity contribution in [3.8, 4) is 0 Å². The van der Waals surface area contributed by atoms with Crippen molar-refractivity contribution in [3.05, 3.63) is 64.7 Å². The predicted molar refractivity (Wildman–Crippen MR) is 122 cm³/mol. The van der Waals surface area contributed by atoms with Crippen LogP contribution >= 0.6 is 11.6 Å². The molecule has 2 aromatic carbocycles. The molecule has 1 aliphatic heterocycles. The molecule has 0 aromatic heterocycles. The molecule has 0 radical (unpaired) electrons. The van der Waals surface area contributed by atoms with Gasteiger partial charge in [-0.15, -0.1) is 0 Å². The summed E-state index contributed by atoms with van der Waals surface area (Å²) < 4.78 is 32.2. The quantitative estimate of drug-likeness (QED) is 0.570. The first-order chi connectivity index (χ1) is 15.2. The van der Waals surface area contributed by atoms with Crippen LogP contribution in [0.5, 0.6) is 0 Å². The zero-order chi connectivity index (χ0) is 23.3. The van der Waals surface area contributed by atoms with Crippen LogP contribution < -0.4 is 0 Å². The van der Waals surface area contributed by atoms with E-state index in [0.29, 0.717) is 24.4 Å². The molecule has 172 valence electrons. The fourth-order valence-electron chi connectivity index (χ4n) is 3.55. The summed E-state index contributed by atoms with van der Waals surface area (Å²) in [7, 11) is -1.96. The lowest BCUT2D eigenvalue weighted by Crippen LogP contribution is -2.41. The maximum atomic E-state index is 12.8. The Morgan fingerprint density at radius 2 is 1.78 bits per heavy atom. The molecule has 32 heavy (non-hydrogen) atoms. The molecule has 0 saturated carbocycles. The molecule has 1 heterocycles. The van der Waals surface area contributed by atoms with Crippen molar-refractivity contribution in [2.45, 2.75) is 31.2 Å². The third kappa shape index (κ3) is 6.09. The van der Waals surface area contributed by atoms with Gasteiger partial charge >= 0.3 is 5.97 Å². The fraction of sp³-hybridized carbons (Fsp3) is 0.391. The number of benzene rings is 2. The Balaban J connectivity index is 1.47. The van der Waals surface area contributed by atoms with Crippen molar-refractivity contribution in [2.75, 3.05) is 26.7 Å². The summed E-state index contributed by atoms with van der Waals surface area (Å²) in [6.07, 6.45) is 0.715. The summed E-state index contributed by atoms with van der Waals surface area (Å²) in [4.78, 5) is 26.4. The van der Waals surface area contributed by atoms with E-state index in [1.807, 2.05) is 13.0 Å². The Hall–Kier alpha value is -2.42. The Morgan fingerprint density at radius 3 is 2.41 bits per heavy atom. The van der Waals surface area contributed by atoms with E-state index in [4.69, 9.17) is 16.3 Å². The molecular formula is C23H27ClN2O5S. The lowest BCUT2D eigenvalue weighted by molar-refractivity contribution is -0.156. The van der Waals surface area contributed by atoms with E-state index in [9.17, 15) is 18.0 Å². The molecule has 3 rings (SSSR count). The molecule has 0 bridgehead atoms. The lowest BCUT2D eigenvalue weighted by Gasteiger charge is -2.30. The van der Waals surface area contributed by atoms with Gasteiger partial charge in [-0.05, 0) is 49.6 Å². The standard InChI is InChI=1S/C23H27ClN2O5S/c1-17-6-8-21(9-7-17)32(29,30)26-12-10-19(11-13-26)23(28)31-16-22(27)25(2)15-18-4-3-5-20(24)14-18/h3-9,14,19H,10-13,15-16H2,1-2H3. The number of carbonyl (C=O) groups excluding carboxylic acids is 2. The van der Waals surface area contributed by atoms with Gasteiger partial charge in [-0.1, -0.05) is 41.4 Å². The van der Waals surface area contributed by atoms with Crippen LogP contribution in [0.4, 0.5) is 0 Å². The number of hydrogen-bond donors (Lipinski definition) is 0. The summed E-state index contributed by atoms with van der Waals surface area (Å²) in [5.41, 5.74) is 1.86. The fourth-order valence-corrected chi connectivity index (χ4v) is 5.23. The second kappa shape index (κ2) is 10.5. The van der Waals surface area contributed by atoms with Gasteiger partial charge in [-0.2, -0.15) is 4.31 Å². The molecule has 2 aromatic rings. The van der Waals surface area contributed by atoms with E-state index >= 15 is 0 Å². The van der Waals surface area contributed by atoms with Crippen molar-refractivity contribution < 1.29 is 22.7 Å². The highest BCUT2D eigenvalue weighted by Gasteiger charge is 2.33. The molecule has 1 saturated heterocycles. The van der Waals surface area contributed by atoms with Crippen LogP contribution in [0.2, 0.25) is 5.02 Å². The Kier molecular flexibility index (Phi) is 7.92. The Labute approximate surface area is 194 Å². The minimum Gasteiger partial charge on any atom is -0.455 e. The molecule has 0 aliphatic carbocycles. The maximum absolute atomic E-state index is 12.8. The summed E-state index contributed by atoms with van der Waals surface area (Å²) in [6.45, 7) is 2.37. The van der Waals surface area contributed by atoms with Crippen molar-refractivity contribution in [1.29, 1.82) is 0 Å². The van der Waals surface area contributed by atoms with Crippen LogP contribution in [0.1, 0.15) is 24.0 Å². The predicted octanol–water partition coefficient (Wildman–Crippen LogP) is 3.25. The molecule has 7 nitrogen and oxygen atoms in total. The van der Waals surface area contributed by atoms with Gasteiger partial charge in [0.2, 0.25) is 10.0 Å². The van der Waals surface area contributed by atoms with Crippen LogP contribution in [0.25, 0.3) is 0 Å². The monoisotopic (exact) mass is 478 g/mol. The van der Waals surface area contributed by atoms with Gasteiger partial charge in [0.15, 0.2) is 6.61 Å². The van der Waals surface area contributed by atoms with Crippen molar-refractivity contribution in [1.82, 2.24) is 9.21 Å². The van der Waals surface area contributed by atoms with Crippen LogP contribution in [-0.2, 0) is 30.9 Å². The number of carbonyl (C=O) groups is 2. The first kappa shape index (κ1) is 24.2. The molecule has 1 amide bonds. The smallest absolute Gasteiger partial charge is 0.309 e. The molecule has 1 fully saturated rings. The van der Waals surface area contributed by atoms with Gasteiger partial charge < -0.3 is 9.64 Å². The molecule has 9 heteroatoms. The van der Waals surface area contributed by atoms with Crippen LogP contribution in [0.15, 0.2) is 53.4 Å². The van der Waals surface area contributed by atoms with Crippen molar-refractivity contribution in [2.24, 2.45) is 5.92 Å². The first-order valence-corrected chi connectivity index (χ1v) is 12.2. The first-order valence-electron chi connectivity index (χ1n) is 10.4. The summed E-state index contributed by atoms with van der Waals surface area (Å²) in [5.74, 6) is -1.22. The Morgan fingerprint density at radius 1 is 1.12 bits per heavy atom. The highest BCUT2D eigenvalue weighted by atomic mass is 35.5. The third-order valence-corrected chi connectivity index (χ3v) is 7.67. The summed E-state index contributed by atoms with van der Waals surface area (Å²) >= 11 is 5.96. The summed E-state index contributed by atoms with van der Waals surface area (Å²) in [6, 6.07) is 13.9. The van der Waals surface area contributed by atoms with Gasteiger partial charge in [-0.3, -0.25) is 9.59 Å². The van der Waals surface area contributed by atoms with Crippen molar-refractivity contribution in [3.63, 3.8) is 0 Å². The average Bonchev–Trinajstić information content (AvgIpc) is 2.77. The van der Waals surface area contributed by atoms with E-state index in [2.05, 4.69) is 0 Å². The van der Waals surface area contributed by atoms with Gasteiger partial charge in [0.1, 0.15) is 0 Å². The van der Waals surface area contributed by atoms with E-state index < -0.39 is 21.9 Å². The molecule has 0 N–H and O–H groups in total. The lowest BCUT2D eigenvalue weighted by atomic mass is 9.98. The summed E-state index contributed by atoms with van der Waals surface area (Å²) in [5, 5.41) is 0.588. The molecule has 1 aliphatic rings. The zero-order valence-corrected chi connectivity index (χ0v) is 19.7. The number of amides is 1. The zero-order valence-electron chi connectivity index (χ0n) is 18.2. The second-order valence-corrected chi connectivity index (χ2v) is 10.4. The second-order valence-electron chi connectivity index (χ2n) is 7.98. The van der Waals surface area contributed by atoms with E-state index in [1.165, 1.54) is 9.21 Å². The minimum atomic E-state index is -3.59. The topological polar surface area (TPSA) is 84.0 Å². The van der Waals surface area contributed by atoms with Crippen LogP contribution in [0, 0.1) is 12.8 Å². The number of halogens is 1. The number of esters is 1. The number of nitrogens with zero attached hydrogens (tertiary/aromatic N) is 2. The minimum absolute atomic E-state index is 0.235. The normalized spacial score (nSPS) is 15.3. The third-order valence-electron chi connectivity index (χ3n) is 5.52. The molecule has 0 unspecified atom stereocenters. The molecular weight excluding hydrogens is 452 g/mol. The van der Waals surface area contributed by atoms with Gasteiger partial charge in [-0.25, -0.2) is 8.42 Å². The number of rotatable bonds is 7. The average molecular weight is 479 g/mol. The van der Waals surface area contributed by atoms with Gasteiger partial charge in [0.05, 0.1) is 10.8 Å². The van der Waals surface area contributed by atoms with E-state index in [1.54, 1.807) is 49.5 Å². The maximum Gasteiger partial charge on any atom is 0.309 e. The SMILES string of the molecule is Cc1ccc(S(=O)(=O)N2CCC(C(=O)OCC(=O)N(C)Cc3cccc(Cl)c3)CC2)cc1. The number of sulfonamides is 1. The molecule has 0 spiro atoms. The number of likely N-dealkylation sites (N-methyl/N-ethyl adjacent to an activating group) is 1. The number of aryl methyl sites for hydroxylation is 1. The molecule has 0 atom stereocenters. The Bertz CT molecular complexity index is 1060.